The van der Waals surface area contributed by atoms with Crippen molar-refractivity contribution in [2.24, 2.45) is 10.2 Å². The summed E-state index contributed by atoms with van der Waals surface area (Å²) in [5.41, 5.74) is 2.00. The minimum absolute atomic E-state index is 0.0220. The van der Waals surface area contributed by atoms with Crippen molar-refractivity contribution in [1.82, 2.24) is 9.29 Å². The van der Waals surface area contributed by atoms with Crippen LogP contribution in [0.5, 0.6) is 5.88 Å². The van der Waals surface area contributed by atoms with Gasteiger partial charge in [-0.25, -0.2) is 8.42 Å². The van der Waals surface area contributed by atoms with Crippen molar-refractivity contribution in [2.45, 2.75) is 38.5 Å². The maximum atomic E-state index is 12.7. The van der Waals surface area contributed by atoms with Crippen molar-refractivity contribution >= 4 is 32.5 Å². The number of H-pyrrole nitrogens is 1. The second kappa shape index (κ2) is 8.99. The highest BCUT2D eigenvalue weighted by atomic mass is 32.2. The van der Waals surface area contributed by atoms with Crippen LogP contribution in [0.2, 0.25) is 0 Å². The van der Waals surface area contributed by atoms with Crippen molar-refractivity contribution in [1.29, 1.82) is 0 Å². The predicted molar refractivity (Wildman–Crippen MR) is 119 cm³/mol. The van der Waals surface area contributed by atoms with Crippen LogP contribution in [0, 0.1) is 0 Å². The Morgan fingerprint density at radius 1 is 1.13 bits per heavy atom. The number of rotatable bonds is 7. The van der Waals surface area contributed by atoms with Crippen LogP contribution in [0.15, 0.2) is 57.6 Å². The normalized spacial score (nSPS) is 12.5. The number of nitrogens with zero attached hydrogens (tertiary/aromatic N) is 3. The van der Waals surface area contributed by atoms with Gasteiger partial charge in [-0.1, -0.05) is 39.8 Å². The number of nitrogens with one attached hydrogen (secondary N) is 1. The topological polar surface area (TPSA) is 115 Å². The van der Waals surface area contributed by atoms with Crippen LogP contribution in [-0.4, -0.2) is 41.8 Å². The Morgan fingerprint density at radius 3 is 2.48 bits per heavy atom. The van der Waals surface area contributed by atoms with E-state index in [1.165, 1.54) is 28.6 Å². The van der Waals surface area contributed by atoms with E-state index in [1.807, 2.05) is 18.2 Å². The predicted octanol–water partition coefficient (Wildman–Crippen LogP) is 4.95. The lowest BCUT2D eigenvalue weighted by Gasteiger charge is -2.18. The number of aromatic nitrogens is 1. The first-order chi connectivity index (χ1) is 14.7. The summed E-state index contributed by atoms with van der Waals surface area (Å²) >= 11 is 0. The molecule has 2 N–H and O–H groups in total. The van der Waals surface area contributed by atoms with Gasteiger partial charge in [-0.15, -0.1) is 10.2 Å². The number of sulfonamides is 1. The molecule has 0 saturated carbocycles. The Kier molecular flexibility index (Phi) is 6.56. The van der Waals surface area contributed by atoms with E-state index in [9.17, 15) is 18.3 Å². The van der Waals surface area contributed by atoms with E-state index in [1.54, 1.807) is 13.8 Å². The van der Waals surface area contributed by atoms with Gasteiger partial charge in [0, 0.05) is 24.0 Å². The summed E-state index contributed by atoms with van der Waals surface area (Å²) in [5.74, 6) is -0.612. The Balaban J connectivity index is 1.94. The van der Waals surface area contributed by atoms with E-state index in [-0.39, 0.29) is 27.9 Å². The summed E-state index contributed by atoms with van der Waals surface area (Å²) < 4.78 is 26.7. The van der Waals surface area contributed by atoms with Gasteiger partial charge in [0.1, 0.15) is 0 Å². The molecule has 0 bridgehead atoms. The van der Waals surface area contributed by atoms with Crippen LogP contribution in [0.4, 0.5) is 5.69 Å². The molecule has 31 heavy (non-hydrogen) atoms. The van der Waals surface area contributed by atoms with Crippen LogP contribution < -0.4 is 0 Å². The highest BCUT2D eigenvalue weighted by molar-refractivity contribution is 7.89. The highest BCUT2D eigenvalue weighted by Gasteiger charge is 2.22. The molecular formula is C22H26N4O4S. The third-order valence-corrected chi connectivity index (χ3v) is 7.15. The average Bonchev–Trinajstić information content (AvgIpc) is 3.06. The number of fused-ring (bicyclic) bond motifs is 1. The summed E-state index contributed by atoms with van der Waals surface area (Å²) in [4.78, 5) is 15.4. The molecule has 0 unspecified atom stereocenters. The molecule has 0 radical (unpaired) electrons. The Bertz CT molecular complexity index is 1240. The van der Waals surface area contributed by atoms with E-state index in [0.717, 1.165) is 5.56 Å². The van der Waals surface area contributed by atoms with Crippen LogP contribution in [-0.2, 0) is 10.0 Å². The summed E-state index contributed by atoms with van der Waals surface area (Å²) in [6.45, 7) is 8.27. The number of hydrogen-bond donors (Lipinski definition) is 2. The lowest BCUT2D eigenvalue weighted by molar-refractivity contribution is 0.0995. The van der Waals surface area contributed by atoms with Gasteiger partial charge in [-0.05, 0) is 41.8 Å². The number of aromatic hydroxyl groups is 1. The molecule has 0 atom stereocenters. The number of carbonyl (C=O) groups excluding carboxylic acids is 1. The maximum Gasteiger partial charge on any atom is 0.295 e. The molecule has 0 aliphatic heterocycles. The Labute approximate surface area is 181 Å². The highest BCUT2D eigenvalue weighted by Crippen LogP contribution is 2.37. The first-order valence-electron chi connectivity index (χ1n) is 10.1. The molecule has 2 aromatic carbocycles. The van der Waals surface area contributed by atoms with Gasteiger partial charge in [0.05, 0.1) is 10.4 Å². The van der Waals surface area contributed by atoms with Crippen molar-refractivity contribution in [3.05, 3.63) is 53.6 Å². The van der Waals surface area contributed by atoms with Crippen LogP contribution in [0.3, 0.4) is 0 Å². The Morgan fingerprint density at radius 2 is 1.84 bits per heavy atom. The van der Waals surface area contributed by atoms with Crippen molar-refractivity contribution in [3.8, 4) is 5.88 Å². The van der Waals surface area contributed by atoms with Gasteiger partial charge in [0.25, 0.3) is 5.91 Å². The largest absolute Gasteiger partial charge is 0.493 e. The zero-order valence-electron chi connectivity index (χ0n) is 18.0. The van der Waals surface area contributed by atoms with Gasteiger partial charge in [-0.2, -0.15) is 4.31 Å². The summed E-state index contributed by atoms with van der Waals surface area (Å²) in [7, 11) is -3.70. The molecule has 0 fully saturated rings. The second-order valence-electron chi connectivity index (χ2n) is 7.40. The zero-order valence-corrected chi connectivity index (χ0v) is 18.8. The van der Waals surface area contributed by atoms with E-state index in [0.29, 0.717) is 24.0 Å². The molecule has 3 aromatic rings. The molecule has 8 nitrogen and oxygen atoms in total. The number of azo groups is 1. The summed E-state index contributed by atoms with van der Waals surface area (Å²) in [5, 5.41) is 18.6. The summed E-state index contributed by atoms with van der Waals surface area (Å²) in [6, 6.07) is 11.4. The van der Waals surface area contributed by atoms with Crippen LogP contribution >= 0.6 is 0 Å². The number of amides is 1. The summed E-state index contributed by atoms with van der Waals surface area (Å²) in [6.07, 6.45) is 0. The van der Waals surface area contributed by atoms with E-state index >= 15 is 0 Å². The van der Waals surface area contributed by atoms with Crippen LogP contribution in [0.25, 0.3) is 10.9 Å². The average molecular weight is 443 g/mol. The molecule has 0 saturated heterocycles. The van der Waals surface area contributed by atoms with Crippen molar-refractivity contribution in [2.75, 3.05) is 13.1 Å². The number of aromatic amines is 1. The standard InChI is InChI=1S/C22H26N4O4S/c1-5-26(6-2)31(29,30)17-9-7-8-16(12-17)21(27)25-24-20-18-13-15(14(3)4)10-11-19(18)23-22(20)28/h7-14,23,28H,5-6H2,1-4H3. The maximum absolute atomic E-state index is 12.7. The fourth-order valence-electron chi connectivity index (χ4n) is 3.30. The van der Waals surface area contributed by atoms with Gasteiger partial charge in [-0.3, -0.25) is 4.79 Å². The number of carbonyl (C=O) groups is 1. The zero-order chi connectivity index (χ0) is 22.8. The molecule has 3 rings (SSSR count). The van der Waals surface area contributed by atoms with E-state index in [4.69, 9.17) is 0 Å². The van der Waals surface area contributed by atoms with Gasteiger partial charge < -0.3 is 10.1 Å². The van der Waals surface area contributed by atoms with Crippen molar-refractivity contribution < 1.29 is 18.3 Å². The van der Waals surface area contributed by atoms with Crippen LogP contribution in [0.1, 0.15) is 49.5 Å². The molecule has 0 aliphatic rings. The monoisotopic (exact) mass is 442 g/mol. The molecule has 9 heteroatoms. The molecule has 0 aliphatic carbocycles. The second-order valence-corrected chi connectivity index (χ2v) is 9.34. The molecular weight excluding hydrogens is 416 g/mol. The van der Waals surface area contributed by atoms with Gasteiger partial charge in [0.2, 0.25) is 15.9 Å². The molecule has 0 spiro atoms. The van der Waals surface area contributed by atoms with Gasteiger partial charge >= 0.3 is 0 Å². The smallest absolute Gasteiger partial charge is 0.295 e. The first-order valence-corrected chi connectivity index (χ1v) is 11.5. The van der Waals surface area contributed by atoms with Crippen molar-refractivity contribution in [3.63, 3.8) is 0 Å². The SMILES string of the molecule is CCN(CC)S(=O)(=O)c1cccc(C(=O)N=Nc2c(O)[nH]c3ccc(C(C)C)cc23)c1. The Hall–Kier alpha value is -3.04. The first kappa shape index (κ1) is 22.6. The van der Waals surface area contributed by atoms with E-state index in [2.05, 4.69) is 29.1 Å². The fraction of sp³-hybridized carbons (Fsp3) is 0.318. The molecule has 1 heterocycles. The molecule has 164 valence electrons. The van der Waals surface area contributed by atoms with E-state index < -0.39 is 15.9 Å². The quantitative estimate of drug-likeness (QED) is 0.504. The minimum Gasteiger partial charge on any atom is -0.493 e. The number of hydrogen-bond acceptors (Lipinski definition) is 5. The fourth-order valence-corrected chi connectivity index (χ4v) is 4.80. The molecule has 1 amide bonds. The number of benzene rings is 2. The third kappa shape index (κ3) is 4.52. The van der Waals surface area contributed by atoms with Gasteiger partial charge in [0.15, 0.2) is 5.69 Å². The lowest BCUT2D eigenvalue weighted by Crippen LogP contribution is -2.30. The third-order valence-electron chi connectivity index (χ3n) is 5.11. The molecule has 1 aromatic heterocycles. The lowest BCUT2D eigenvalue weighted by atomic mass is 10.0. The minimum atomic E-state index is -3.70.